The van der Waals surface area contributed by atoms with Gasteiger partial charge in [-0.25, -0.2) is 4.98 Å². The lowest BCUT2D eigenvalue weighted by molar-refractivity contribution is 0.100. The van der Waals surface area contributed by atoms with E-state index in [1.807, 2.05) is 6.07 Å². The molecule has 0 bridgehead atoms. The van der Waals surface area contributed by atoms with E-state index in [0.29, 0.717) is 35.7 Å². The second-order valence-electron chi connectivity index (χ2n) is 6.56. The highest BCUT2D eigenvalue weighted by Crippen LogP contribution is 2.27. The molecule has 1 atom stereocenters. The maximum atomic E-state index is 11.8. The molecule has 0 spiro atoms. The first kappa shape index (κ1) is 20.2. The van der Waals surface area contributed by atoms with Crippen LogP contribution in [0.1, 0.15) is 28.8 Å². The molecule has 3 N–H and O–H groups in total. The van der Waals surface area contributed by atoms with Crippen LogP contribution in [0.2, 0.25) is 5.02 Å². The summed E-state index contributed by atoms with van der Waals surface area (Å²) in [5, 5.41) is 3.69. The third-order valence-electron chi connectivity index (χ3n) is 4.71. The normalized spacial score (nSPS) is 16.2. The SMILES string of the molecule is COCC1CCCN1c1ncc(C(N)=O)c(NCc2ccc(OC)c(Cl)c2)n1. The van der Waals surface area contributed by atoms with E-state index in [1.54, 1.807) is 26.4 Å². The lowest BCUT2D eigenvalue weighted by atomic mass is 10.2. The van der Waals surface area contributed by atoms with Gasteiger partial charge in [-0.2, -0.15) is 4.98 Å². The minimum Gasteiger partial charge on any atom is -0.495 e. The molecule has 1 saturated heterocycles. The minimum atomic E-state index is -0.586. The van der Waals surface area contributed by atoms with Crippen molar-refractivity contribution >= 4 is 29.3 Å². The van der Waals surface area contributed by atoms with Crippen LogP contribution in [0.15, 0.2) is 24.4 Å². The first-order valence-electron chi connectivity index (χ1n) is 9.02. The average Bonchev–Trinajstić information content (AvgIpc) is 3.14. The molecule has 28 heavy (non-hydrogen) atoms. The van der Waals surface area contributed by atoms with Gasteiger partial charge in [0.2, 0.25) is 5.95 Å². The number of ether oxygens (including phenoxy) is 2. The topological polar surface area (TPSA) is 103 Å². The van der Waals surface area contributed by atoms with Crippen molar-refractivity contribution in [3.05, 3.63) is 40.5 Å². The number of carbonyl (C=O) groups is 1. The molecule has 1 aliphatic rings. The summed E-state index contributed by atoms with van der Waals surface area (Å²) in [6.07, 6.45) is 3.53. The van der Waals surface area contributed by atoms with E-state index in [1.165, 1.54) is 6.20 Å². The number of benzene rings is 1. The van der Waals surface area contributed by atoms with Crippen molar-refractivity contribution < 1.29 is 14.3 Å². The molecular weight excluding hydrogens is 382 g/mol. The van der Waals surface area contributed by atoms with E-state index in [-0.39, 0.29) is 11.6 Å². The van der Waals surface area contributed by atoms with E-state index < -0.39 is 5.91 Å². The van der Waals surface area contributed by atoms with Gasteiger partial charge in [-0.15, -0.1) is 0 Å². The molecule has 3 rings (SSSR count). The van der Waals surface area contributed by atoms with Gasteiger partial charge in [-0.05, 0) is 30.5 Å². The summed E-state index contributed by atoms with van der Waals surface area (Å²) in [6, 6.07) is 5.70. The van der Waals surface area contributed by atoms with Crippen molar-refractivity contribution in [2.45, 2.75) is 25.4 Å². The van der Waals surface area contributed by atoms with Crippen molar-refractivity contribution in [3.8, 4) is 5.75 Å². The van der Waals surface area contributed by atoms with Crippen LogP contribution >= 0.6 is 11.6 Å². The van der Waals surface area contributed by atoms with Crippen LogP contribution in [0.4, 0.5) is 11.8 Å². The number of anilines is 2. The number of aromatic nitrogens is 2. The molecule has 0 saturated carbocycles. The maximum absolute atomic E-state index is 11.8. The molecule has 150 valence electrons. The summed E-state index contributed by atoms with van der Waals surface area (Å²) in [4.78, 5) is 22.8. The summed E-state index contributed by atoms with van der Waals surface area (Å²) >= 11 is 6.18. The monoisotopic (exact) mass is 405 g/mol. The Kier molecular flexibility index (Phi) is 6.53. The van der Waals surface area contributed by atoms with Gasteiger partial charge in [-0.3, -0.25) is 4.79 Å². The Hall–Kier alpha value is -2.58. The van der Waals surface area contributed by atoms with Crippen LogP contribution in [-0.4, -0.2) is 49.3 Å². The number of primary amides is 1. The first-order valence-corrected chi connectivity index (χ1v) is 9.40. The van der Waals surface area contributed by atoms with Crippen molar-refractivity contribution in [3.63, 3.8) is 0 Å². The predicted octanol–water partition coefficient (Wildman–Crippen LogP) is 2.46. The zero-order valence-corrected chi connectivity index (χ0v) is 16.7. The number of hydrogen-bond acceptors (Lipinski definition) is 7. The number of methoxy groups -OCH3 is 2. The summed E-state index contributed by atoms with van der Waals surface area (Å²) in [6.45, 7) is 1.87. The third-order valence-corrected chi connectivity index (χ3v) is 5.01. The lowest BCUT2D eigenvalue weighted by Gasteiger charge is -2.24. The summed E-state index contributed by atoms with van der Waals surface area (Å²) in [5.41, 5.74) is 6.65. The van der Waals surface area contributed by atoms with Gasteiger partial charge in [-0.1, -0.05) is 17.7 Å². The Morgan fingerprint density at radius 3 is 2.93 bits per heavy atom. The van der Waals surface area contributed by atoms with E-state index in [2.05, 4.69) is 20.2 Å². The fourth-order valence-corrected chi connectivity index (χ4v) is 3.58. The van der Waals surface area contributed by atoms with Crippen molar-refractivity contribution in [1.82, 2.24) is 9.97 Å². The van der Waals surface area contributed by atoms with Gasteiger partial charge in [0.1, 0.15) is 11.6 Å². The molecule has 1 aromatic heterocycles. The lowest BCUT2D eigenvalue weighted by Crippen LogP contribution is -2.34. The van der Waals surface area contributed by atoms with Crippen LogP contribution in [0, 0.1) is 0 Å². The summed E-state index contributed by atoms with van der Waals surface area (Å²) in [5.74, 6) is 0.967. The number of nitrogens with two attached hydrogens (primary N) is 1. The third kappa shape index (κ3) is 4.45. The second kappa shape index (κ2) is 9.07. The molecule has 2 heterocycles. The highest BCUT2D eigenvalue weighted by atomic mass is 35.5. The quantitative estimate of drug-likeness (QED) is 0.695. The first-order chi connectivity index (χ1) is 13.5. The predicted molar refractivity (Wildman–Crippen MR) is 108 cm³/mol. The Morgan fingerprint density at radius 2 is 2.25 bits per heavy atom. The molecule has 2 aromatic rings. The maximum Gasteiger partial charge on any atom is 0.254 e. The highest BCUT2D eigenvalue weighted by Gasteiger charge is 2.27. The van der Waals surface area contributed by atoms with E-state index in [4.69, 9.17) is 26.8 Å². The molecule has 8 nitrogen and oxygen atoms in total. The summed E-state index contributed by atoms with van der Waals surface area (Å²) < 4.78 is 10.5. The minimum absolute atomic E-state index is 0.220. The van der Waals surface area contributed by atoms with Gasteiger partial charge in [0.25, 0.3) is 5.91 Å². The standard InChI is InChI=1S/C19H24ClN5O3/c1-27-11-13-4-3-7-25(13)19-23-10-14(17(21)26)18(24-19)22-9-12-5-6-16(28-2)15(20)8-12/h5-6,8,10,13H,3-4,7,9,11H2,1-2H3,(H2,21,26)(H,22,23,24). The zero-order valence-electron chi connectivity index (χ0n) is 15.9. The van der Waals surface area contributed by atoms with Crippen molar-refractivity contribution in [1.29, 1.82) is 0 Å². The van der Waals surface area contributed by atoms with Gasteiger partial charge in [0.05, 0.1) is 30.3 Å². The number of nitrogens with zero attached hydrogens (tertiary/aromatic N) is 3. The van der Waals surface area contributed by atoms with Crippen LogP contribution < -0.4 is 20.7 Å². The van der Waals surface area contributed by atoms with E-state index in [0.717, 1.165) is 24.9 Å². The molecule has 1 fully saturated rings. The van der Waals surface area contributed by atoms with Gasteiger partial charge < -0.3 is 25.4 Å². The molecule has 0 aliphatic carbocycles. The van der Waals surface area contributed by atoms with Crippen molar-refractivity contribution in [2.75, 3.05) is 37.6 Å². The van der Waals surface area contributed by atoms with Gasteiger partial charge in [0, 0.05) is 26.4 Å². The van der Waals surface area contributed by atoms with Crippen molar-refractivity contribution in [2.24, 2.45) is 5.73 Å². The van der Waals surface area contributed by atoms with Crippen LogP contribution in [0.5, 0.6) is 5.75 Å². The molecule has 1 unspecified atom stereocenters. The van der Waals surface area contributed by atoms with E-state index in [9.17, 15) is 4.79 Å². The number of hydrogen-bond donors (Lipinski definition) is 2. The van der Waals surface area contributed by atoms with Gasteiger partial charge in [0.15, 0.2) is 0 Å². The molecule has 0 radical (unpaired) electrons. The Morgan fingerprint density at radius 1 is 1.43 bits per heavy atom. The molecule has 1 amide bonds. The number of rotatable bonds is 8. The summed E-state index contributed by atoms with van der Waals surface area (Å²) in [7, 11) is 3.25. The zero-order chi connectivity index (χ0) is 20.1. The van der Waals surface area contributed by atoms with Crippen LogP contribution in [0.3, 0.4) is 0 Å². The number of amides is 1. The largest absolute Gasteiger partial charge is 0.495 e. The number of carbonyl (C=O) groups excluding carboxylic acids is 1. The Balaban J connectivity index is 1.82. The second-order valence-corrected chi connectivity index (χ2v) is 6.97. The average molecular weight is 406 g/mol. The van der Waals surface area contributed by atoms with Crippen LogP contribution in [0.25, 0.3) is 0 Å². The Bertz CT molecular complexity index is 848. The number of nitrogens with one attached hydrogen (secondary N) is 1. The fraction of sp³-hybridized carbons (Fsp3) is 0.421. The molecule has 1 aliphatic heterocycles. The van der Waals surface area contributed by atoms with Gasteiger partial charge >= 0.3 is 0 Å². The smallest absolute Gasteiger partial charge is 0.254 e. The highest BCUT2D eigenvalue weighted by molar-refractivity contribution is 6.32. The Labute approximate surface area is 169 Å². The fourth-order valence-electron chi connectivity index (χ4n) is 3.30. The van der Waals surface area contributed by atoms with E-state index >= 15 is 0 Å². The van der Waals surface area contributed by atoms with Crippen LogP contribution in [-0.2, 0) is 11.3 Å². The molecule has 9 heteroatoms. The number of halogens is 1. The molecular formula is C19H24ClN5O3. The molecule has 1 aromatic carbocycles.